The molecule has 0 amide bonds. The summed E-state index contributed by atoms with van der Waals surface area (Å²) in [5, 5.41) is 16.7. The molecule has 1 unspecified atom stereocenters. The lowest BCUT2D eigenvalue weighted by molar-refractivity contribution is 0.232. The zero-order chi connectivity index (χ0) is 13.0. The molecular weight excluding hydrogens is 234 g/mol. The molecule has 0 bridgehead atoms. The molecule has 2 heterocycles. The van der Waals surface area contributed by atoms with Crippen molar-refractivity contribution in [3.63, 3.8) is 0 Å². The van der Waals surface area contributed by atoms with E-state index in [0.29, 0.717) is 17.7 Å². The van der Waals surface area contributed by atoms with Crippen LogP contribution in [0.25, 0.3) is 0 Å². The average Bonchev–Trinajstić information content (AvgIpc) is 2.81. The van der Waals surface area contributed by atoms with Crippen molar-refractivity contribution < 1.29 is 4.74 Å². The monoisotopic (exact) mass is 249 g/mol. The highest BCUT2D eigenvalue weighted by molar-refractivity contribution is 5.29. The smallest absolute Gasteiger partial charge is 0.226 e. The minimum atomic E-state index is -0.141. The average molecular weight is 249 g/mol. The Morgan fingerprint density at radius 2 is 2.17 bits per heavy atom. The molecule has 0 aliphatic heterocycles. The molecule has 2 aromatic rings. The molecule has 0 radical (unpaired) electrons. The number of aromatic nitrogens is 6. The van der Waals surface area contributed by atoms with Crippen LogP contribution >= 0.6 is 0 Å². The van der Waals surface area contributed by atoms with Crippen molar-refractivity contribution in [3.8, 4) is 5.88 Å². The molecule has 0 saturated carbocycles. The summed E-state index contributed by atoms with van der Waals surface area (Å²) in [5.41, 5.74) is 0. The van der Waals surface area contributed by atoms with Crippen LogP contribution in [-0.2, 0) is 0 Å². The Kier molecular flexibility index (Phi) is 3.66. The van der Waals surface area contributed by atoms with Crippen LogP contribution in [0.1, 0.15) is 32.6 Å². The van der Waals surface area contributed by atoms with Crippen LogP contribution in [0.4, 0.5) is 5.95 Å². The summed E-state index contributed by atoms with van der Waals surface area (Å²) >= 11 is 0. The van der Waals surface area contributed by atoms with Gasteiger partial charge in [0.2, 0.25) is 11.8 Å². The fourth-order valence-electron chi connectivity index (χ4n) is 1.33. The first-order valence-corrected chi connectivity index (χ1v) is 5.64. The first-order valence-electron chi connectivity index (χ1n) is 5.64. The lowest BCUT2D eigenvalue weighted by Crippen LogP contribution is -2.12. The first-order chi connectivity index (χ1) is 8.65. The molecule has 0 spiro atoms. The van der Waals surface area contributed by atoms with Gasteiger partial charge >= 0.3 is 0 Å². The standard InChI is InChI=1S/C10H15N7O/c1-6(2)18-8-4-5-11-10(13-8)12-7(3)9-14-16-17-15-9/h4-7H,1-3H3,(H,11,12,13)(H,14,15,16,17). The van der Waals surface area contributed by atoms with Gasteiger partial charge in [0.1, 0.15) is 0 Å². The van der Waals surface area contributed by atoms with Gasteiger partial charge in [0, 0.05) is 12.3 Å². The summed E-state index contributed by atoms with van der Waals surface area (Å²) in [6.07, 6.45) is 1.71. The molecule has 0 aliphatic rings. The minimum Gasteiger partial charge on any atom is -0.475 e. The predicted molar refractivity (Wildman–Crippen MR) is 64.0 cm³/mol. The van der Waals surface area contributed by atoms with Crippen LogP contribution in [0.15, 0.2) is 12.3 Å². The van der Waals surface area contributed by atoms with Crippen LogP contribution < -0.4 is 10.1 Å². The Morgan fingerprint density at radius 3 is 2.83 bits per heavy atom. The van der Waals surface area contributed by atoms with Gasteiger partial charge in [-0.05, 0) is 20.8 Å². The van der Waals surface area contributed by atoms with E-state index in [1.54, 1.807) is 12.3 Å². The molecular formula is C10H15N7O. The molecule has 0 fully saturated rings. The summed E-state index contributed by atoms with van der Waals surface area (Å²) in [6.45, 7) is 5.78. The van der Waals surface area contributed by atoms with Crippen LogP contribution in [0.2, 0.25) is 0 Å². The first kappa shape index (κ1) is 12.2. The molecule has 0 aromatic carbocycles. The van der Waals surface area contributed by atoms with E-state index < -0.39 is 0 Å². The van der Waals surface area contributed by atoms with Gasteiger partial charge in [-0.15, -0.1) is 10.2 Å². The van der Waals surface area contributed by atoms with Crippen LogP contribution in [0.5, 0.6) is 5.88 Å². The highest BCUT2D eigenvalue weighted by Crippen LogP contribution is 2.14. The Bertz CT molecular complexity index is 485. The van der Waals surface area contributed by atoms with E-state index in [1.807, 2.05) is 20.8 Å². The van der Waals surface area contributed by atoms with Gasteiger partial charge in [0.25, 0.3) is 0 Å². The van der Waals surface area contributed by atoms with Gasteiger partial charge < -0.3 is 10.1 Å². The maximum atomic E-state index is 5.49. The van der Waals surface area contributed by atoms with Crippen molar-refractivity contribution in [2.24, 2.45) is 0 Å². The Morgan fingerprint density at radius 1 is 1.33 bits per heavy atom. The zero-order valence-corrected chi connectivity index (χ0v) is 10.5. The lowest BCUT2D eigenvalue weighted by Gasteiger charge is -2.12. The number of nitrogens with zero attached hydrogens (tertiary/aromatic N) is 5. The third-order valence-corrected chi connectivity index (χ3v) is 2.08. The SMILES string of the molecule is CC(C)Oc1ccnc(NC(C)c2nn[nH]n2)n1. The number of anilines is 1. The number of H-pyrrole nitrogens is 1. The van der Waals surface area contributed by atoms with Gasteiger partial charge in [-0.25, -0.2) is 4.98 Å². The van der Waals surface area contributed by atoms with Gasteiger partial charge in [-0.1, -0.05) is 5.21 Å². The zero-order valence-electron chi connectivity index (χ0n) is 10.5. The maximum absolute atomic E-state index is 5.49. The van der Waals surface area contributed by atoms with E-state index in [0.717, 1.165) is 0 Å². The third-order valence-electron chi connectivity index (χ3n) is 2.08. The van der Waals surface area contributed by atoms with Crippen LogP contribution in [0.3, 0.4) is 0 Å². The lowest BCUT2D eigenvalue weighted by atomic mass is 10.3. The molecule has 0 saturated heterocycles. The number of rotatable bonds is 5. The normalized spacial score (nSPS) is 12.4. The van der Waals surface area contributed by atoms with E-state index >= 15 is 0 Å². The third kappa shape index (κ3) is 3.12. The highest BCUT2D eigenvalue weighted by Gasteiger charge is 2.11. The summed E-state index contributed by atoms with van der Waals surface area (Å²) in [6, 6.07) is 1.57. The molecule has 96 valence electrons. The Hall–Kier alpha value is -2.25. The van der Waals surface area contributed by atoms with Crippen molar-refractivity contribution in [1.82, 2.24) is 30.6 Å². The second kappa shape index (κ2) is 5.39. The van der Waals surface area contributed by atoms with Crippen molar-refractivity contribution >= 4 is 5.95 Å². The van der Waals surface area contributed by atoms with Crippen molar-refractivity contribution in [2.75, 3.05) is 5.32 Å². The summed E-state index contributed by atoms with van der Waals surface area (Å²) in [4.78, 5) is 8.34. The van der Waals surface area contributed by atoms with E-state index in [-0.39, 0.29) is 12.1 Å². The molecule has 8 heteroatoms. The summed E-state index contributed by atoms with van der Waals surface area (Å²) in [5.74, 6) is 1.54. The number of aromatic amines is 1. The molecule has 2 rings (SSSR count). The van der Waals surface area contributed by atoms with Gasteiger partial charge in [-0.3, -0.25) is 0 Å². The molecule has 0 aliphatic carbocycles. The second-order valence-electron chi connectivity index (χ2n) is 4.02. The van der Waals surface area contributed by atoms with Crippen LogP contribution in [-0.4, -0.2) is 36.7 Å². The van der Waals surface area contributed by atoms with Crippen molar-refractivity contribution in [2.45, 2.75) is 32.9 Å². The van der Waals surface area contributed by atoms with E-state index in [9.17, 15) is 0 Å². The molecule has 2 aromatic heterocycles. The largest absolute Gasteiger partial charge is 0.475 e. The predicted octanol–water partition coefficient (Wildman–Crippen LogP) is 0.950. The summed E-state index contributed by atoms with van der Waals surface area (Å²) < 4.78 is 5.49. The highest BCUT2D eigenvalue weighted by atomic mass is 16.5. The number of ether oxygens (including phenoxy) is 1. The molecule has 18 heavy (non-hydrogen) atoms. The Balaban J connectivity index is 2.05. The topological polar surface area (TPSA) is 102 Å². The molecule has 2 N–H and O–H groups in total. The fourth-order valence-corrected chi connectivity index (χ4v) is 1.33. The summed E-state index contributed by atoms with van der Waals surface area (Å²) in [7, 11) is 0. The molecule has 8 nitrogen and oxygen atoms in total. The van der Waals surface area contributed by atoms with Gasteiger partial charge in [0.15, 0.2) is 5.82 Å². The van der Waals surface area contributed by atoms with E-state index in [1.165, 1.54) is 0 Å². The maximum Gasteiger partial charge on any atom is 0.226 e. The second-order valence-corrected chi connectivity index (χ2v) is 4.02. The van der Waals surface area contributed by atoms with Gasteiger partial charge in [0.05, 0.1) is 12.1 Å². The van der Waals surface area contributed by atoms with E-state index in [2.05, 4.69) is 35.9 Å². The quantitative estimate of drug-likeness (QED) is 0.813. The number of hydrogen-bond donors (Lipinski definition) is 2. The Labute approximate surface area is 104 Å². The fraction of sp³-hybridized carbons (Fsp3) is 0.500. The minimum absolute atomic E-state index is 0.0716. The van der Waals surface area contributed by atoms with Crippen LogP contribution in [0, 0.1) is 0 Å². The van der Waals surface area contributed by atoms with Gasteiger partial charge in [-0.2, -0.15) is 10.2 Å². The number of nitrogens with one attached hydrogen (secondary N) is 2. The molecule has 1 atom stereocenters. The number of tetrazole rings is 1. The van der Waals surface area contributed by atoms with Crippen molar-refractivity contribution in [1.29, 1.82) is 0 Å². The van der Waals surface area contributed by atoms with E-state index in [4.69, 9.17) is 4.74 Å². The van der Waals surface area contributed by atoms with Crippen molar-refractivity contribution in [3.05, 3.63) is 18.1 Å². The number of hydrogen-bond acceptors (Lipinski definition) is 7.